The molecule has 2 aliphatic heterocycles. The van der Waals surface area contributed by atoms with Gasteiger partial charge in [-0.3, -0.25) is 4.99 Å². The third-order valence-electron chi connectivity index (χ3n) is 7.46. The molecule has 0 spiro atoms. The highest BCUT2D eigenvalue weighted by Gasteiger charge is 2.70. The molecule has 2 aliphatic carbocycles. The standard InChI is InChI=1S/C22H20Cl2F3NO2S/c1-20-4-2-3-13(20)17(19(29)30)31-18(20)16-9-21(22(25,26)27,14-8-15(14)28-16)10-5-11(23)7-12(24)6-10/h5-7,14-15,18H,2-4,8-9H2,1H3,(H,29,30). The quantitative estimate of drug-likeness (QED) is 0.515. The summed E-state index contributed by atoms with van der Waals surface area (Å²) >= 11 is 13.4. The normalized spacial score (nSPS) is 36.8. The Labute approximate surface area is 192 Å². The number of rotatable bonds is 3. The molecule has 166 valence electrons. The molecule has 1 aromatic rings. The van der Waals surface area contributed by atoms with E-state index in [2.05, 4.69) is 0 Å². The number of carboxylic acids is 1. The molecule has 2 heterocycles. The van der Waals surface area contributed by atoms with Gasteiger partial charge in [-0.2, -0.15) is 13.2 Å². The average Bonchev–Trinajstić information content (AvgIpc) is 3.24. The summed E-state index contributed by atoms with van der Waals surface area (Å²) in [4.78, 5) is 16.9. The first kappa shape index (κ1) is 21.7. The van der Waals surface area contributed by atoms with Crippen LogP contribution in [0.1, 0.15) is 44.6 Å². The molecule has 5 unspecified atom stereocenters. The Morgan fingerprint density at radius 3 is 2.55 bits per heavy atom. The maximum atomic E-state index is 14.8. The molecule has 0 bridgehead atoms. The average molecular weight is 490 g/mol. The van der Waals surface area contributed by atoms with Crippen molar-refractivity contribution in [2.45, 2.75) is 61.9 Å². The van der Waals surface area contributed by atoms with E-state index in [1.54, 1.807) is 0 Å². The first-order chi connectivity index (χ1) is 14.5. The lowest BCUT2D eigenvalue weighted by atomic mass is 9.67. The minimum Gasteiger partial charge on any atom is -0.477 e. The van der Waals surface area contributed by atoms with Gasteiger partial charge in [0.05, 0.1) is 16.2 Å². The number of carboxylic acid groups (broad SMARTS) is 1. The zero-order chi connectivity index (χ0) is 22.3. The fourth-order valence-electron chi connectivity index (χ4n) is 5.96. The maximum Gasteiger partial charge on any atom is 0.399 e. The van der Waals surface area contributed by atoms with Crippen LogP contribution in [0.3, 0.4) is 0 Å². The van der Waals surface area contributed by atoms with Gasteiger partial charge in [0.25, 0.3) is 0 Å². The summed E-state index contributed by atoms with van der Waals surface area (Å²) in [6, 6.07) is 3.75. The predicted molar refractivity (Wildman–Crippen MR) is 116 cm³/mol. The van der Waals surface area contributed by atoms with Crippen LogP contribution in [0.15, 0.2) is 33.7 Å². The van der Waals surface area contributed by atoms with Gasteiger partial charge in [-0.05, 0) is 55.0 Å². The van der Waals surface area contributed by atoms with Crippen LogP contribution < -0.4 is 0 Å². The van der Waals surface area contributed by atoms with E-state index in [-0.39, 0.29) is 26.9 Å². The molecule has 0 radical (unpaired) electrons. The molecule has 5 rings (SSSR count). The summed E-state index contributed by atoms with van der Waals surface area (Å²) in [6.07, 6.45) is -2.18. The molecule has 5 atom stereocenters. The molecule has 0 amide bonds. The lowest BCUT2D eigenvalue weighted by Crippen LogP contribution is -2.51. The highest BCUT2D eigenvalue weighted by molar-refractivity contribution is 8.05. The van der Waals surface area contributed by atoms with Crippen LogP contribution >= 0.6 is 35.0 Å². The number of thioether (sulfide) groups is 1. The number of aliphatic carboxylic acids is 1. The Balaban J connectivity index is 1.60. The van der Waals surface area contributed by atoms with E-state index in [9.17, 15) is 23.1 Å². The van der Waals surface area contributed by atoms with Gasteiger partial charge in [0.2, 0.25) is 0 Å². The maximum absolute atomic E-state index is 14.8. The minimum atomic E-state index is -4.52. The van der Waals surface area contributed by atoms with Crippen molar-refractivity contribution in [1.29, 1.82) is 0 Å². The van der Waals surface area contributed by atoms with Crippen LogP contribution in [-0.2, 0) is 10.2 Å². The molecule has 3 nitrogen and oxygen atoms in total. The second-order valence-corrected chi connectivity index (χ2v) is 11.2. The Kier molecular flexibility index (Phi) is 4.83. The number of halogens is 5. The zero-order valence-electron chi connectivity index (χ0n) is 16.6. The smallest absolute Gasteiger partial charge is 0.399 e. The summed E-state index contributed by atoms with van der Waals surface area (Å²) in [6.45, 7) is 1.98. The van der Waals surface area contributed by atoms with Crippen molar-refractivity contribution >= 4 is 46.6 Å². The van der Waals surface area contributed by atoms with E-state index in [0.29, 0.717) is 18.6 Å². The van der Waals surface area contributed by atoms with Crippen molar-refractivity contribution in [2.24, 2.45) is 16.3 Å². The fraction of sp³-hybridized carbons (Fsp3) is 0.545. The summed E-state index contributed by atoms with van der Waals surface area (Å²) in [5.41, 5.74) is -1.19. The van der Waals surface area contributed by atoms with E-state index in [1.807, 2.05) is 6.92 Å². The number of carbonyl (C=O) groups is 1. The van der Waals surface area contributed by atoms with Crippen molar-refractivity contribution in [3.63, 3.8) is 0 Å². The van der Waals surface area contributed by atoms with Gasteiger partial charge >= 0.3 is 12.1 Å². The predicted octanol–water partition coefficient (Wildman–Crippen LogP) is 6.67. The first-order valence-corrected chi connectivity index (χ1v) is 11.8. The molecule has 1 aromatic carbocycles. The summed E-state index contributed by atoms with van der Waals surface area (Å²) in [7, 11) is 0. The largest absolute Gasteiger partial charge is 0.477 e. The number of hydrogen-bond acceptors (Lipinski definition) is 3. The molecular formula is C22H20Cl2F3NO2S. The summed E-state index contributed by atoms with van der Waals surface area (Å²) in [5.74, 6) is -1.65. The van der Waals surface area contributed by atoms with E-state index < -0.39 is 40.2 Å². The molecule has 31 heavy (non-hydrogen) atoms. The second kappa shape index (κ2) is 6.91. The van der Waals surface area contributed by atoms with Gasteiger partial charge in [0, 0.05) is 33.5 Å². The van der Waals surface area contributed by atoms with Gasteiger partial charge in [-0.25, -0.2) is 4.79 Å². The van der Waals surface area contributed by atoms with Crippen LogP contribution in [-0.4, -0.2) is 34.3 Å². The Morgan fingerprint density at radius 1 is 1.26 bits per heavy atom. The number of allylic oxidation sites excluding steroid dienone is 1. The van der Waals surface area contributed by atoms with Gasteiger partial charge in [0.1, 0.15) is 5.41 Å². The minimum absolute atomic E-state index is 0.0728. The fourth-order valence-corrected chi connectivity index (χ4v) is 8.10. The second-order valence-electron chi connectivity index (χ2n) is 9.22. The Bertz CT molecular complexity index is 1040. The van der Waals surface area contributed by atoms with E-state index >= 15 is 0 Å². The molecule has 0 aromatic heterocycles. The highest BCUT2D eigenvalue weighted by Crippen LogP contribution is 2.65. The molecule has 0 saturated heterocycles. The number of hydrogen-bond donors (Lipinski definition) is 1. The third kappa shape index (κ3) is 3.10. The van der Waals surface area contributed by atoms with E-state index in [4.69, 9.17) is 28.2 Å². The van der Waals surface area contributed by atoms with Crippen LogP contribution in [0.5, 0.6) is 0 Å². The third-order valence-corrected chi connectivity index (χ3v) is 9.58. The van der Waals surface area contributed by atoms with Crippen molar-refractivity contribution < 1.29 is 23.1 Å². The molecule has 1 N–H and O–H groups in total. The zero-order valence-corrected chi connectivity index (χ0v) is 18.9. The number of benzene rings is 1. The first-order valence-electron chi connectivity index (χ1n) is 10.2. The SMILES string of the molecule is CC12CCCC1=C(C(=O)O)SC2C1=NC2CC2C(c2cc(Cl)cc(Cl)c2)(C(F)(F)F)C1. The lowest BCUT2D eigenvalue weighted by molar-refractivity contribution is -0.197. The van der Waals surface area contributed by atoms with Crippen molar-refractivity contribution in [3.8, 4) is 0 Å². The Morgan fingerprint density at radius 2 is 1.94 bits per heavy atom. The lowest BCUT2D eigenvalue weighted by Gasteiger charge is -2.42. The van der Waals surface area contributed by atoms with Gasteiger partial charge in [-0.1, -0.05) is 30.1 Å². The van der Waals surface area contributed by atoms with Crippen LogP contribution in [0, 0.1) is 11.3 Å². The van der Waals surface area contributed by atoms with Gasteiger partial charge in [0.15, 0.2) is 0 Å². The van der Waals surface area contributed by atoms with Crippen LogP contribution in [0.25, 0.3) is 0 Å². The summed E-state index contributed by atoms with van der Waals surface area (Å²) < 4.78 is 44.4. The molecule has 9 heteroatoms. The number of fused-ring (bicyclic) bond motifs is 2. The van der Waals surface area contributed by atoms with E-state index in [1.165, 1.54) is 30.0 Å². The van der Waals surface area contributed by atoms with E-state index in [0.717, 1.165) is 18.4 Å². The van der Waals surface area contributed by atoms with Crippen molar-refractivity contribution in [3.05, 3.63) is 44.3 Å². The van der Waals surface area contributed by atoms with Crippen LogP contribution in [0.2, 0.25) is 10.0 Å². The number of aliphatic imine (C=N–C) groups is 1. The monoisotopic (exact) mass is 489 g/mol. The van der Waals surface area contributed by atoms with Crippen LogP contribution in [0.4, 0.5) is 13.2 Å². The molecule has 2 saturated carbocycles. The Hall–Kier alpha value is -1.18. The van der Waals surface area contributed by atoms with Gasteiger partial charge in [-0.15, -0.1) is 11.8 Å². The topological polar surface area (TPSA) is 49.7 Å². The number of alkyl halides is 3. The molecular weight excluding hydrogens is 470 g/mol. The molecule has 4 aliphatic rings. The number of nitrogens with zero attached hydrogens (tertiary/aromatic N) is 1. The highest BCUT2D eigenvalue weighted by atomic mass is 35.5. The summed E-state index contributed by atoms with van der Waals surface area (Å²) in [5, 5.41) is 9.64. The van der Waals surface area contributed by atoms with Crippen molar-refractivity contribution in [1.82, 2.24) is 0 Å². The van der Waals surface area contributed by atoms with Crippen molar-refractivity contribution in [2.75, 3.05) is 0 Å². The molecule has 2 fully saturated rings. The van der Waals surface area contributed by atoms with Gasteiger partial charge < -0.3 is 5.11 Å².